The molecule has 0 saturated heterocycles. The molecular weight excluding hydrogens is 380 g/mol. The van der Waals surface area contributed by atoms with Crippen molar-refractivity contribution in [1.82, 2.24) is 10.6 Å². The molecule has 0 aromatic carbocycles. The molecule has 0 aromatic rings. The standard InChI is InChI=1S/C16H28N2O6S2/c1-10(15(22)18-12(16(23)24)6-7-14(20)21)17-13(19)5-3-2-4-11(26)8-9-25/h10-12,25-26H,2-9H2,1H3,(H,17,19)(H,18,22)(H,20,21)(H,23,24). The fourth-order valence-electron chi connectivity index (χ4n) is 2.16. The Kier molecular flexibility index (Phi) is 13.0. The Balaban J connectivity index is 4.20. The van der Waals surface area contributed by atoms with Gasteiger partial charge in [-0.3, -0.25) is 14.4 Å². The highest BCUT2D eigenvalue weighted by Gasteiger charge is 2.24. The van der Waals surface area contributed by atoms with Gasteiger partial charge in [-0.25, -0.2) is 4.79 Å². The quantitative estimate of drug-likeness (QED) is 0.188. The fourth-order valence-corrected chi connectivity index (χ4v) is 2.99. The summed E-state index contributed by atoms with van der Waals surface area (Å²) in [7, 11) is 0. The lowest BCUT2D eigenvalue weighted by atomic mass is 10.1. The van der Waals surface area contributed by atoms with Gasteiger partial charge >= 0.3 is 11.9 Å². The van der Waals surface area contributed by atoms with Crippen molar-refractivity contribution in [2.24, 2.45) is 0 Å². The van der Waals surface area contributed by atoms with E-state index in [1.165, 1.54) is 6.92 Å². The third kappa shape index (κ3) is 12.0. The summed E-state index contributed by atoms with van der Waals surface area (Å²) >= 11 is 8.55. The van der Waals surface area contributed by atoms with Gasteiger partial charge in [-0.1, -0.05) is 6.42 Å². The number of nitrogens with one attached hydrogen (secondary N) is 2. The molecule has 4 N–H and O–H groups in total. The van der Waals surface area contributed by atoms with E-state index in [9.17, 15) is 19.2 Å². The minimum Gasteiger partial charge on any atom is -0.481 e. The average molecular weight is 409 g/mol. The zero-order valence-corrected chi connectivity index (χ0v) is 16.6. The minimum absolute atomic E-state index is 0.228. The molecule has 0 radical (unpaired) electrons. The van der Waals surface area contributed by atoms with Crippen molar-refractivity contribution in [2.45, 2.75) is 69.2 Å². The van der Waals surface area contributed by atoms with E-state index in [-0.39, 0.29) is 30.4 Å². The Morgan fingerprint density at radius 2 is 1.62 bits per heavy atom. The van der Waals surface area contributed by atoms with Crippen molar-refractivity contribution in [3.63, 3.8) is 0 Å². The summed E-state index contributed by atoms with van der Waals surface area (Å²) < 4.78 is 0. The smallest absolute Gasteiger partial charge is 0.326 e. The second kappa shape index (κ2) is 13.7. The molecule has 0 aliphatic rings. The van der Waals surface area contributed by atoms with E-state index in [2.05, 4.69) is 35.9 Å². The number of carbonyl (C=O) groups excluding carboxylic acids is 2. The number of hydrogen-bond acceptors (Lipinski definition) is 6. The van der Waals surface area contributed by atoms with E-state index in [1.54, 1.807) is 0 Å². The summed E-state index contributed by atoms with van der Waals surface area (Å²) in [6.07, 6.45) is 2.96. The molecule has 0 saturated carbocycles. The van der Waals surface area contributed by atoms with Crippen LogP contribution in [0.2, 0.25) is 0 Å². The predicted molar refractivity (Wildman–Crippen MR) is 104 cm³/mol. The van der Waals surface area contributed by atoms with E-state index in [1.807, 2.05) is 0 Å². The van der Waals surface area contributed by atoms with Crippen LogP contribution in [0.5, 0.6) is 0 Å². The van der Waals surface area contributed by atoms with Gasteiger partial charge in [0.15, 0.2) is 0 Å². The highest BCUT2D eigenvalue weighted by Crippen LogP contribution is 2.12. The van der Waals surface area contributed by atoms with Crippen LogP contribution in [0.15, 0.2) is 0 Å². The molecule has 0 spiro atoms. The molecule has 0 aliphatic heterocycles. The van der Waals surface area contributed by atoms with Gasteiger partial charge in [0.25, 0.3) is 0 Å². The SMILES string of the molecule is CC(NC(=O)CCCCC(S)CCS)C(=O)NC(CCC(=O)O)C(=O)O. The number of amides is 2. The highest BCUT2D eigenvalue weighted by molar-refractivity contribution is 7.81. The monoisotopic (exact) mass is 408 g/mol. The van der Waals surface area contributed by atoms with Gasteiger partial charge in [0.05, 0.1) is 0 Å². The van der Waals surface area contributed by atoms with E-state index in [0.29, 0.717) is 6.42 Å². The summed E-state index contributed by atoms with van der Waals surface area (Å²) in [6.45, 7) is 1.44. The molecule has 10 heteroatoms. The first kappa shape index (κ1) is 24.6. The maximum Gasteiger partial charge on any atom is 0.326 e. The molecular formula is C16H28N2O6S2. The van der Waals surface area contributed by atoms with Gasteiger partial charge in [-0.2, -0.15) is 25.3 Å². The lowest BCUT2D eigenvalue weighted by Crippen LogP contribution is -2.50. The summed E-state index contributed by atoms with van der Waals surface area (Å²) in [5, 5.41) is 22.6. The number of rotatable bonds is 14. The summed E-state index contributed by atoms with van der Waals surface area (Å²) in [6, 6.07) is -2.21. The first-order chi connectivity index (χ1) is 12.2. The molecule has 8 nitrogen and oxygen atoms in total. The molecule has 0 fully saturated rings. The van der Waals surface area contributed by atoms with Crippen LogP contribution in [-0.4, -0.2) is 57.1 Å². The second-order valence-corrected chi connectivity index (χ2v) is 7.21. The van der Waals surface area contributed by atoms with Gasteiger partial charge < -0.3 is 20.8 Å². The molecule has 2 amide bonds. The number of carboxylic acids is 2. The summed E-state index contributed by atoms with van der Waals surface area (Å²) in [4.78, 5) is 45.4. The zero-order valence-electron chi connectivity index (χ0n) is 14.8. The summed E-state index contributed by atoms with van der Waals surface area (Å²) in [5.41, 5.74) is 0. The van der Waals surface area contributed by atoms with Crippen LogP contribution in [0.25, 0.3) is 0 Å². The molecule has 0 heterocycles. The molecule has 0 aromatic heterocycles. The Labute approximate surface area is 164 Å². The van der Waals surface area contributed by atoms with Gasteiger partial charge in [0.2, 0.25) is 11.8 Å². The lowest BCUT2D eigenvalue weighted by molar-refractivity contribution is -0.143. The fraction of sp³-hybridized carbons (Fsp3) is 0.750. The van der Waals surface area contributed by atoms with E-state index in [4.69, 9.17) is 10.2 Å². The first-order valence-electron chi connectivity index (χ1n) is 8.50. The average Bonchev–Trinajstić information content (AvgIpc) is 2.54. The van der Waals surface area contributed by atoms with Crippen LogP contribution < -0.4 is 10.6 Å². The number of aliphatic carboxylic acids is 2. The van der Waals surface area contributed by atoms with Gasteiger partial charge in [-0.05, 0) is 38.4 Å². The zero-order chi connectivity index (χ0) is 20.1. The van der Waals surface area contributed by atoms with Crippen molar-refractivity contribution >= 4 is 49.0 Å². The van der Waals surface area contributed by atoms with Crippen LogP contribution in [-0.2, 0) is 19.2 Å². The molecule has 3 atom stereocenters. The largest absolute Gasteiger partial charge is 0.481 e. The van der Waals surface area contributed by atoms with Crippen LogP contribution in [0.4, 0.5) is 0 Å². The number of hydrogen-bond donors (Lipinski definition) is 6. The Hall–Kier alpha value is -1.42. The van der Waals surface area contributed by atoms with Crippen molar-refractivity contribution in [3.05, 3.63) is 0 Å². The second-order valence-electron chi connectivity index (χ2n) is 6.03. The Morgan fingerprint density at radius 3 is 2.15 bits per heavy atom. The molecule has 3 unspecified atom stereocenters. The Morgan fingerprint density at radius 1 is 0.962 bits per heavy atom. The number of thiol groups is 2. The minimum atomic E-state index is -1.32. The maximum absolute atomic E-state index is 12.0. The molecule has 0 bridgehead atoms. The maximum atomic E-state index is 12.0. The number of carbonyl (C=O) groups is 4. The molecule has 0 aliphatic carbocycles. The van der Waals surface area contributed by atoms with E-state index in [0.717, 1.165) is 25.0 Å². The van der Waals surface area contributed by atoms with Crippen molar-refractivity contribution in [3.8, 4) is 0 Å². The molecule has 0 rings (SSSR count). The summed E-state index contributed by atoms with van der Waals surface area (Å²) in [5.74, 6) is -2.66. The number of unbranched alkanes of at least 4 members (excludes halogenated alkanes) is 1. The highest BCUT2D eigenvalue weighted by atomic mass is 32.1. The Bertz CT molecular complexity index is 489. The van der Waals surface area contributed by atoms with Crippen LogP contribution in [0, 0.1) is 0 Å². The molecule has 26 heavy (non-hydrogen) atoms. The van der Waals surface area contributed by atoms with Gasteiger partial charge in [0, 0.05) is 18.1 Å². The topological polar surface area (TPSA) is 133 Å². The van der Waals surface area contributed by atoms with Crippen LogP contribution in [0.3, 0.4) is 0 Å². The normalized spacial score (nSPS) is 14.1. The first-order valence-corrected chi connectivity index (χ1v) is 9.65. The van der Waals surface area contributed by atoms with Crippen LogP contribution in [0.1, 0.15) is 51.9 Å². The van der Waals surface area contributed by atoms with E-state index >= 15 is 0 Å². The lowest BCUT2D eigenvalue weighted by Gasteiger charge is -2.18. The van der Waals surface area contributed by atoms with Crippen molar-refractivity contribution in [1.29, 1.82) is 0 Å². The predicted octanol–water partition coefficient (Wildman–Crippen LogP) is 1.10. The van der Waals surface area contributed by atoms with Gasteiger partial charge in [-0.15, -0.1) is 0 Å². The van der Waals surface area contributed by atoms with Crippen molar-refractivity contribution < 1.29 is 29.4 Å². The third-order valence-electron chi connectivity index (χ3n) is 3.69. The molecule has 150 valence electrons. The van der Waals surface area contributed by atoms with E-state index < -0.39 is 29.9 Å². The van der Waals surface area contributed by atoms with Crippen molar-refractivity contribution in [2.75, 3.05) is 5.75 Å². The number of carboxylic acid groups (broad SMARTS) is 2. The third-order valence-corrected chi connectivity index (χ3v) is 4.46. The van der Waals surface area contributed by atoms with Gasteiger partial charge in [0.1, 0.15) is 12.1 Å². The van der Waals surface area contributed by atoms with Crippen LogP contribution >= 0.6 is 25.3 Å².